The molecule has 0 bridgehead atoms. The van der Waals surface area contributed by atoms with E-state index in [0.29, 0.717) is 11.3 Å². The first-order valence-corrected chi connectivity index (χ1v) is 5.07. The van der Waals surface area contributed by atoms with Crippen molar-refractivity contribution >= 4 is 0 Å². The van der Waals surface area contributed by atoms with Crippen LogP contribution in [0.5, 0.6) is 0 Å². The summed E-state index contributed by atoms with van der Waals surface area (Å²) in [6, 6.07) is 0. The fourth-order valence-corrected chi connectivity index (χ4v) is 2.45. The Bertz CT molecular complexity index is 292. The minimum Gasteiger partial charge on any atom is -0.330 e. The number of rotatable bonds is 4. The Kier molecular flexibility index (Phi) is 2.26. The Morgan fingerprint density at radius 3 is 2.71 bits per heavy atom. The molecule has 78 valence electrons. The summed E-state index contributed by atoms with van der Waals surface area (Å²) in [7, 11) is 0. The molecule has 0 spiro atoms. The van der Waals surface area contributed by atoms with Crippen LogP contribution in [0.15, 0.2) is 6.33 Å². The zero-order chi connectivity index (χ0) is 10.2. The molecular weight excluding hydrogens is 178 g/mol. The van der Waals surface area contributed by atoms with Crippen molar-refractivity contribution in [3.8, 4) is 0 Å². The molecule has 0 unspecified atom stereocenters. The maximum atomic E-state index is 5.70. The van der Waals surface area contributed by atoms with E-state index in [2.05, 4.69) is 29.4 Å². The predicted molar refractivity (Wildman–Crippen MR) is 52.2 cm³/mol. The van der Waals surface area contributed by atoms with E-state index in [1.165, 1.54) is 0 Å². The molecule has 0 radical (unpaired) electrons. The minimum absolute atomic E-state index is 0.419. The Morgan fingerprint density at radius 2 is 2.21 bits per heavy atom. The lowest BCUT2D eigenvalue weighted by Crippen LogP contribution is -2.05. The van der Waals surface area contributed by atoms with Crippen LogP contribution in [0.2, 0.25) is 0 Å². The first kappa shape index (κ1) is 9.58. The molecule has 1 aromatic heterocycles. The Balaban J connectivity index is 1.83. The molecule has 0 aromatic carbocycles. The summed E-state index contributed by atoms with van der Waals surface area (Å²) in [6.45, 7) is 6.27. The van der Waals surface area contributed by atoms with Crippen LogP contribution >= 0.6 is 0 Å². The Morgan fingerprint density at radius 1 is 1.43 bits per heavy atom. The monoisotopic (exact) mass is 195 g/mol. The van der Waals surface area contributed by atoms with Crippen molar-refractivity contribution in [2.24, 2.45) is 23.0 Å². The van der Waals surface area contributed by atoms with Crippen molar-refractivity contribution in [2.75, 3.05) is 6.54 Å². The van der Waals surface area contributed by atoms with E-state index < -0.39 is 0 Å². The van der Waals surface area contributed by atoms with Crippen molar-refractivity contribution in [1.29, 1.82) is 0 Å². The van der Waals surface area contributed by atoms with Gasteiger partial charge in [-0.1, -0.05) is 13.8 Å². The third-order valence-corrected chi connectivity index (χ3v) is 3.60. The van der Waals surface area contributed by atoms with Crippen LogP contribution in [0.3, 0.4) is 0 Å². The molecule has 1 fully saturated rings. The van der Waals surface area contributed by atoms with Gasteiger partial charge in [0.1, 0.15) is 6.33 Å². The standard InChI is InChI=1S/C9H17N5/c1-9(2)7(8(9)5-10)3-4-14-6-11-12-13-14/h6-8H,3-5,10H2,1-2H3/t7-,8-/m0/s1. The molecule has 1 heterocycles. The largest absolute Gasteiger partial charge is 0.330 e. The lowest BCUT2D eigenvalue weighted by molar-refractivity contribution is 0.470. The summed E-state index contributed by atoms with van der Waals surface area (Å²) in [6.07, 6.45) is 2.78. The summed E-state index contributed by atoms with van der Waals surface area (Å²) in [5, 5.41) is 11.0. The average Bonchev–Trinajstić information content (AvgIpc) is 2.57. The van der Waals surface area contributed by atoms with Crippen LogP contribution < -0.4 is 5.73 Å². The van der Waals surface area contributed by atoms with Crippen LogP contribution in [0.1, 0.15) is 20.3 Å². The fraction of sp³-hybridized carbons (Fsp3) is 0.889. The van der Waals surface area contributed by atoms with Gasteiger partial charge in [-0.3, -0.25) is 0 Å². The van der Waals surface area contributed by atoms with Crippen molar-refractivity contribution in [1.82, 2.24) is 20.2 Å². The van der Waals surface area contributed by atoms with Gasteiger partial charge in [-0.05, 0) is 40.6 Å². The molecule has 0 aliphatic heterocycles. The molecule has 5 nitrogen and oxygen atoms in total. The van der Waals surface area contributed by atoms with Crippen molar-refractivity contribution in [2.45, 2.75) is 26.8 Å². The van der Waals surface area contributed by atoms with Gasteiger partial charge in [0.05, 0.1) is 0 Å². The molecule has 2 atom stereocenters. The van der Waals surface area contributed by atoms with E-state index in [9.17, 15) is 0 Å². The fourth-order valence-electron chi connectivity index (χ4n) is 2.45. The highest BCUT2D eigenvalue weighted by atomic mass is 15.5. The third-order valence-electron chi connectivity index (χ3n) is 3.60. The first-order chi connectivity index (χ1) is 6.66. The van der Waals surface area contributed by atoms with Gasteiger partial charge in [0.15, 0.2) is 0 Å². The number of tetrazole rings is 1. The number of aryl methyl sites for hydroxylation is 1. The number of hydrogen-bond donors (Lipinski definition) is 1. The molecule has 2 N–H and O–H groups in total. The van der Waals surface area contributed by atoms with Crippen LogP contribution in [-0.2, 0) is 6.54 Å². The zero-order valence-electron chi connectivity index (χ0n) is 8.72. The second-order valence-corrected chi connectivity index (χ2v) is 4.63. The summed E-state index contributed by atoms with van der Waals surface area (Å²) in [5.74, 6) is 1.41. The van der Waals surface area contributed by atoms with Crippen LogP contribution in [0.25, 0.3) is 0 Å². The summed E-state index contributed by atoms with van der Waals surface area (Å²) >= 11 is 0. The highest BCUT2D eigenvalue weighted by Gasteiger charge is 2.55. The summed E-state index contributed by atoms with van der Waals surface area (Å²) in [4.78, 5) is 0. The molecule has 1 aromatic rings. The van der Waals surface area contributed by atoms with Crippen molar-refractivity contribution in [3.63, 3.8) is 0 Å². The minimum atomic E-state index is 0.419. The molecule has 2 rings (SSSR count). The Hall–Kier alpha value is -0.970. The van der Waals surface area contributed by atoms with Crippen LogP contribution in [0, 0.1) is 17.3 Å². The molecule has 0 saturated heterocycles. The zero-order valence-corrected chi connectivity index (χ0v) is 8.72. The number of nitrogens with two attached hydrogens (primary N) is 1. The van der Waals surface area contributed by atoms with Gasteiger partial charge < -0.3 is 5.73 Å². The van der Waals surface area contributed by atoms with Gasteiger partial charge in [-0.2, -0.15) is 0 Å². The number of nitrogens with zero attached hydrogens (tertiary/aromatic N) is 4. The lowest BCUT2D eigenvalue weighted by Gasteiger charge is -2.01. The molecule has 1 aliphatic carbocycles. The number of aromatic nitrogens is 4. The van der Waals surface area contributed by atoms with E-state index >= 15 is 0 Å². The molecular formula is C9H17N5. The summed E-state index contributed by atoms with van der Waals surface area (Å²) in [5.41, 5.74) is 6.12. The van der Waals surface area contributed by atoms with Gasteiger partial charge in [0.25, 0.3) is 0 Å². The number of hydrogen-bond acceptors (Lipinski definition) is 4. The lowest BCUT2D eigenvalue weighted by atomic mass is 10.1. The second kappa shape index (κ2) is 3.31. The third kappa shape index (κ3) is 1.52. The highest BCUT2D eigenvalue weighted by Crippen LogP contribution is 2.59. The van der Waals surface area contributed by atoms with Crippen LogP contribution in [0.4, 0.5) is 0 Å². The quantitative estimate of drug-likeness (QED) is 0.750. The normalized spacial score (nSPS) is 29.1. The van der Waals surface area contributed by atoms with Gasteiger partial charge in [0.2, 0.25) is 0 Å². The maximum Gasteiger partial charge on any atom is 0.138 e. The smallest absolute Gasteiger partial charge is 0.138 e. The van der Waals surface area contributed by atoms with Crippen molar-refractivity contribution < 1.29 is 0 Å². The topological polar surface area (TPSA) is 69.6 Å². The van der Waals surface area contributed by atoms with E-state index in [0.717, 1.165) is 25.4 Å². The van der Waals surface area contributed by atoms with E-state index in [4.69, 9.17) is 5.73 Å². The second-order valence-electron chi connectivity index (χ2n) is 4.63. The van der Waals surface area contributed by atoms with Gasteiger partial charge in [-0.15, -0.1) is 5.10 Å². The first-order valence-electron chi connectivity index (χ1n) is 5.07. The van der Waals surface area contributed by atoms with E-state index in [-0.39, 0.29) is 0 Å². The SMILES string of the molecule is CC1(C)[C@@H](CN)[C@@H]1CCn1cnnn1. The molecule has 5 heteroatoms. The van der Waals surface area contributed by atoms with Gasteiger partial charge >= 0.3 is 0 Å². The average molecular weight is 195 g/mol. The summed E-state index contributed by atoms with van der Waals surface area (Å²) < 4.78 is 1.78. The Labute approximate surface area is 83.7 Å². The molecule has 1 saturated carbocycles. The van der Waals surface area contributed by atoms with Crippen LogP contribution in [-0.4, -0.2) is 26.8 Å². The molecule has 0 amide bonds. The van der Waals surface area contributed by atoms with Gasteiger partial charge in [-0.25, -0.2) is 4.68 Å². The van der Waals surface area contributed by atoms with E-state index in [1.54, 1.807) is 11.0 Å². The maximum absolute atomic E-state index is 5.70. The van der Waals surface area contributed by atoms with Gasteiger partial charge in [0, 0.05) is 6.54 Å². The van der Waals surface area contributed by atoms with Crippen molar-refractivity contribution in [3.05, 3.63) is 6.33 Å². The van der Waals surface area contributed by atoms with E-state index in [1.807, 2.05) is 0 Å². The molecule has 1 aliphatic rings. The predicted octanol–water partition coefficient (Wildman–Crippen LogP) is 0.294. The highest BCUT2D eigenvalue weighted by molar-refractivity contribution is 5.04. The molecule has 14 heavy (non-hydrogen) atoms.